The number of nitrogens with zero attached hydrogens (tertiary/aromatic N) is 3. The maximum Gasteiger partial charge on any atom is 0.245 e. The molecule has 0 spiro atoms. The number of amides is 1. The van der Waals surface area contributed by atoms with Gasteiger partial charge in [0, 0.05) is 5.69 Å². The van der Waals surface area contributed by atoms with Gasteiger partial charge >= 0.3 is 0 Å². The van der Waals surface area contributed by atoms with Crippen molar-refractivity contribution in [3.63, 3.8) is 0 Å². The molecule has 0 bridgehead atoms. The molecule has 1 unspecified atom stereocenters. The lowest BCUT2D eigenvalue weighted by Gasteiger charge is -2.28. The van der Waals surface area contributed by atoms with Crippen LogP contribution in [0.15, 0.2) is 24.3 Å². The first-order valence-electron chi connectivity index (χ1n) is 8.14. The van der Waals surface area contributed by atoms with Crippen molar-refractivity contribution in [3.8, 4) is 0 Å². The maximum atomic E-state index is 13.0. The fourth-order valence-corrected chi connectivity index (χ4v) is 3.29. The Morgan fingerprint density at radius 2 is 1.88 bits per heavy atom. The number of carbonyl (C=O) groups is 1. The van der Waals surface area contributed by atoms with Crippen molar-refractivity contribution in [2.75, 3.05) is 4.90 Å². The van der Waals surface area contributed by atoms with Crippen LogP contribution in [-0.4, -0.2) is 21.5 Å². The second kappa shape index (κ2) is 8.08. The Morgan fingerprint density at radius 1 is 1.21 bits per heavy atom. The molecule has 0 aliphatic carbocycles. The van der Waals surface area contributed by atoms with E-state index >= 15 is 0 Å². The number of para-hydroxylation sites is 1. The first kappa shape index (κ1) is 18.9. The van der Waals surface area contributed by atoms with E-state index in [4.69, 9.17) is 11.6 Å². The molecule has 0 saturated carbocycles. The van der Waals surface area contributed by atoms with Gasteiger partial charge in [-0.1, -0.05) is 57.2 Å². The molecule has 0 saturated heterocycles. The van der Waals surface area contributed by atoms with Crippen molar-refractivity contribution < 1.29 is 4.79 Å². The van der Waals surface area contributed by atoms with Gasteiger partial charge in [-0.3, -0.25) is 4.79 Å². The van der Waals surface area contributed by atoms with Crippen LogP contribution < -0.4 is 4.90 Å². The molecule has 1 heterocycles. The summed E-state index contributed by atoms with van der Waals surface area (Å²) in [6.45, 7) is 10.5. The number of rotatable bonds is 6. The van der Waals surface area contributed by atoms with Gasteiger partial charge in [-0.15, -0.1) is 21.8 Å². The van der Waals surface area contributed by atoms with E-state index in [0.717, 1.165) is 21.3 Å². The highest BCUT2D eigenvalue weighted by atomic mass is 35.5. The standard InChI is InChI=1S/C18H24ClN3OS/c1-11(2)14-8-6-7-9-15(14)22(18(23)17(19)12(3)4)10-16-21-20-13(5)24-16/h6-9,11-12,17H,10H2,1-5H3. The monoisotopic (exact) mass is 365 g/mol. The van der Waals surface area contributed by atoms with Crippen molar-refractivity contribution in [3.05, 3.63) is 39.8 Å². The van der Waals surface area contributed by atoms with Gasteiger partial charge in [0.2, 0.25) is 5.91 Å². The van der Waals surface area contributed by atoms with Crippen molar-refractivity contribution in [2.24, 2.45) is 5.92 Å². The lowest BCUT2D eigenvalue weighted by molar-refractivity contribution is -0.119. The van der Waals surface area contributed by atoms with Crippen LogP contribution in [0, 0.1) is 12.8 Å². The summed E-state index contributed by atoms with van der Waals surface area (Å²) in [7, 11) is 0. The van der Waals surface area contributed by atoms with Crippen LogP contribution in [0.2, 0.25) is 0 Å². The van der Waals surface area contributed by atoms with Crippen LogP contribution in [0.4, 0.5) is 5.69 Å². The van der Waals surface area contributed by atoms with Crippen LogP contribution >= 0.6 is 22.9 Å². The maximum absolute atomic E-state index is 13.0. The number of anilines is 1. The van der Waals surface area contributed by atoms with Gasteiger partial charge in [0.1, 0.15) is 15.4 Å². The Kier molecular flexibility index (Phi) is 6.35. The highest BCUT2D eigenvalue weighted by Crippen LogP contribution is 2.30. The molecule has 24 heavy (non-hydrogen) atoms. The topological polar surface area (TPSA) is 46.1 Å². The van der Waals surface area contributed by atoms with E-state index in [1.54, 1.807) is 4.90 Å². The minimum Gasteiger partial charge on any atom is -0.304 e. The third-order valence-electron chi connectivity index (χ3n) is 3.80. The van der Waals surface area contributed by atoms with Crippen molar-refractivity contribution in [1.29, 1.82) is 0 Å². The third kappa shape index (κ3) is 4.33. The number of halogens is 1. The summed E-state index contributed by atoms with van der Waals surface area (Å²) < 4.78 is 0. The number of hydrogen-bond donors (Lipinski definition) is 0. The molecule has 1 aromatic carbocycles. The zero-order valence-electron chi connectivity index (χ0n) is 14.8. The summed E-state index contributed by atoms with van der Waals surface area (Å²) in [6.07, 6.45) is 0. The summed E-state index contributed by atoms with van der Waals surface area (Å²) in [5.74, 6) is 0.275. The van der Waals surface area contributed by atoms with E-state index in [-0.39, 0.29) is 11.8 Å². The van der Waals surface area contributed by atoms with Gasteiger partial charge in [-0.25, -0.2) is 0 Å². The van der Waals surface area contributed by atoms with Gasteiger partial charge in [0.15, 0.2) is 0 Å². The van der Waals surface area contributed by atoms with Crippen LogP contribution in [0.5, 0.6) is 0 Å². The van der Waals surface area contributed by atoms with Gasteiger partial charge in [-0.2, -0.15) is 0 Å². The molecule has 1 aromatic heterocycles. The first-order valence-corrected chi connectivity index (χ1v) is 9.40. The van der Waals surface area contributed by atoms with E-state index in [2.05, 4.69) is 30.1 Å². The Labute approximate surface area is 152 Å². The Morgan fingerprint density at radius 3 is 2.42 bits per heavy atom. The normalized spacial score (nSPS) is 12.7. The second-order valence-corrected chi connectivity index (χ2v) is 8.23. The molecule has 1 atom stereocenters. The van der Waals surface area contributed by atoms with Gasteiger partial charge in [0.25, 0.3) is 0 Å². The van der Waals surface area contributed by atoms with Gasteiger partial charge < -0.3 is 4.90 Å². The molecule has 4 nitrogen and oxygen atoms in total. The number of carbonyl (C=O) groups excluding carboxylic acids is 1. The lowest BCUT2D eigenvalue weighted by Crippen LogP contribution is -2.39. The fourth-order valence-electron chi connectivity index (χ4n) is 2.47. The molecule has 0 N–H and O–H groups in total. The number of aromatic nitrogens is 2. The zero-order valence-corrected chi connectivity index (χ0v) is 16.4. The molecule has 0 radical (unpaired) electrons. The molecular formula is C18H24ClN3OS. The predicted molar refractivity (Wildman–Crippen MR) is 101 cm³/mol. The van der Waals surface area contributed by atoms with E-state index in [1.807, 2.05) is 39.0 Å². The van der Waals surface area contributed by atoms with Gasteiger partial charge in [-0.05, 0) is 30.4 Å². The second-order valence-electron chi connectivity index (χ2n) is 6.50. The highest BCUT2D eigenvalue weighted by Gasteiger charge is 2.28. The van der Waals surface area contributed by atoms with Crippen LogP contribution in [-0.2, 0) is 11.3 Å². The quantitative estimate of drug-likeness (QED) is 0.693. The Hall–Kier alpha value is -1.46. The van der Waals surface area contributed by atoms with E-state index in [1.165, 1.54) is 11.3 Å². The SMILES string of the molecule is Cc1nnc(CN(C(=O)C(Cl)C(C)C)c2ccccc2C(C)C)s1. The third-order valence-corrected chi connectivity index (χ3v) is 5.31. The molecule has 130 valence electrons. The summed E-state index contributed by atoms with van der Waals surface area (Å²) in [6, 6.07) is 7.98. The number of aryl methyl sites for hydroxylation is 1. The predicted octanol–water partition coefficient (Wildman–Crippen LogP) is 4.77. The molecule has 2 aromatic rings. The van der Waals surface area contributed by atoms with E-state index in [9.17, 15) is 4.79 Å². The molecule has 6 heteroatoms. The average Bonchev–Trinajstić information content (AvgIpc) is 2.96. The lowest BCUT2D eigenvalue weighted by atomic mass is 9.99. The van der Waals surface area contributed by atoms with E-state index in [0.29, 0.717) is 12.5 Å². The Bertz CT molecular complexity index is 699. The summed E-state index contributed by atoms with van der Waals surface area (Å²) in [4.78, 5) is 14.8. The smallest absolute Gasteiger partial charge is 0.245 e. The largest absolute Gasteiger partial charge is 0.304 e. The van der Waals surface area contributed by atoms with Crippen molar-refractivity contribution >= 4 is 34.5 Å². The summed E-state index contributed by atoms with van der Waals surface area (Å²) >= 11 is 7.89. The zero-order chi connectivity index (χ0) is 17.9. The average molecular weight is 366 g/mol. The van der Waals surface area contributed by atoms with Gasteiger partial charge in [0.05, 0.1) is 6.54 Å². The van der Waals surface area contributed by atoms with Crippen molar-refractivity contribution in [1.82, 2.24) is 10.2 Å². The number of benzene rings is 1. The summed E-state index contributed by atoms with van der Waals surface area (Å²) in [5, 5.41) is 9.36. The minimum absolute atomic E-state index is 0.0593. The molecule has 0 aliphatic heterocycles. The number of alkyl halides is 1. The summed E-state index contributed by atoms with van der Waals surface area (Å²) in [5.41, 5.74) is 2.02. The van der Waals surface area contributed by atoms with Crippen LogP contribution in [0.3, 0.4) is 0 Å². The number of hydrogen-bond acceptors (Lipinski definition) is 4. The molecular weight excluding hydrogens is 342 g/mol. The van der Waals surface area contributed by atoms with E-state index < -0.39 is 5.38 Å². The fraction of sp³-hybridized carbons (Fsp3) is 0.500. The molecule has 0 aliphatic rings. The highest BCUT2D eigenvalue weighted by molar-refractivity contribution is 7.11. The Balaban J connectivity index is 2.44. The first-order chi connectivity index (χ1) is 11.3. The van der Waals surface area contributed by atoms with Crippen molar-refractivity contribution in [2.45, 2.75) is 52.5 Å². The minimum atomic E-state index is -0.570. The molecule has 2 rings (SSSR count). The molecule has 1 amide bonds. The van der Waals surface area contributed by atoms with Crippen LogP contribution in [0.25, 0.3) is 0 Å². The van der Waals surface area contributed by atoms with Crippen LogP contribution in [0.1, 0.15) is 49.2 Å². The molecule has 0 fully saturated rings.